The largest absolute Gasteiger partial charge is 0.472 e. The van der Waals surface area contributed by atoms with Gasteiger partial charge in [-0.3, -0.25) is 10.1 Å². The van der Waals surface area contributed by atoms with Gasteiger partial charge in [0.15, 0.2) is 0 Å². The lowest BCUT2D eigenvalue weighted by molar-refractivity contribution is -0.385. The molecule has 22 heavy (non-hydrogen) atoms. The summed E-state index contributed by atoms with van der Waals surface area (Å²) in [6.07, 6.45) is 1.26. The summed E-state index contributed by atoms with van der Waals surface area (Å²) in [5, 5.41) is 14.3. The molecule has 0 amide bonds. The van der Waals surface area contributed by atoms with Crippen LogP contribution in [0.5, 0.6) is 5.88 Å². The predicted molar refractivity (Wildman–Crippen MR) is 82.8 cm³/mol. The van der Waals surface area contributed by atoms with Gasteiger partial charge in [0.25, 0.3) is 5.88 Å². The van der Waals surface area contributed by atoms with Crippen molar-refractivity contribution in [3.05, 3.63) is 52.3 Å². The van der Waals surface area contributed by atoms with Gasteiger partial charge in [0.2, 0.25) is 5.82 Å². The molecular formula is C15H18N4O3. The SMILES string of the molecule is CC(C)COc1ncnc(NCc2ccccc2)c1[N+](=O)[O-]. The molecule has 0 bridgehead atoms. The predicted octanol–water partition coefficient (Wildman–Crippen LogP) is 3.03. The Kier molecular flexibility index (Phi) is 5.24. The smallest absolute Gasteiger partial charge is 0.372 e. The van der Waals surface area contributed by atoms with E-state index in [1.807, 2.05) is 44.2 Å². The summed E-state index contributed by atoms with van der Waals surface area (Å²) in [5.74, 6) is 0.391. The normalized spacial score (nSPS) is 10.5. The van der Waals surface area contributed by atoms with Crippen LogP contribution in [-0.2, 0) is 6.54 Å². The average molecular weight is 302 g/mol. The van der Waals surface area contributed by atoms with Crippen LogP contribution in [0.1, 0.15) is 19.4 Å². The first kappa shape index (κ1) is 15.7. The summed E-state index contributed by atoms with van der Waals surface area (Å²) in [5.41, 5.74) is 0.763. The van der Waals surface area contributed by atoms with Gasteiger partial charge in [0.05, 0.1) is 11.5 Å². The Hall–Kier alpha value is -2.70. The van der Waals surface area contributed by atoms with Gasteiger partial charge in [-0.25, -0.2) is 4.98 Å². The number of aromatic nitrogens is 2. The molecule has 2 aromatic rings. The maximum atomic E-state index is 11.3. The zero-order valence-corrected chi connectivity index (χ0v) is 12.5. The quantitative estimate of drug-likeness (QED) is 0.624. The molecule has 1 aromatic heterocycles. The summed E-state index contributed by atoms with van der Waals surface area (Å²) < 4.78 is 5.42. The van der Waals surface area contributed by atoms with Crippen LogP contribution in [-0.4, -0.2) is 21.5 Å². The van der Waals surface area contributed by atoms with Gasteiger partial charge in [-0.2, -0.15) is 4.98 Å². The first-order chi connectivity index (χ1) is 10.6. The first-order valence-corrected chi connectivity index (χ1v) is 6.98. The van der Waals surface area contributed by atoms with E-state index >= 15 is 0 Å². The standard InChI is InChI=1S/C15H18N4O3/c1-11(2)9-22-15-13(19(20)21)14(17-10-18-15)16-8-12-6-4-3-5-7-12/h3-7,10-11H,8-9H2,1-2H3,(H,16,17,18). The van der Waals surface area contributed by atoms with Gasteiger partial charge in [0, 0.05) is 6.54 Å². The number of benzene rings is 1. The van der Waals surface area contributed by atoms with Crippen molar-refractivity contribution in [3.63, 3.8) is 0 Å². The van der Waals surface area contributed by atoms with E-state index in [1.54, 1.807) is 0 Å². The minimum atomic E-state index is -0.525. The summed E-state index contributed by atoms with van der Waals surface area (Å²) >= 11 is 0. The Labute approximate surface area is 128 Å². The summed E-state index contributed by atoms with van der Waals surface area (Å²) in [4.78, 5) is 18.6. The maximum Gasteiger partial charge on any atom is 0.372 e. The van der Waals surface area contributed by atoms with Crippen molar-refractivity contribution in [1.29, 1.82) is 0 Å². The van der Waals surface area contributed by atoms with Gasteiger partial charge < -0.3 is 10.1 Å². The zero-order chi connectivity index (χ0) is 15.9. The second-order valence-corrected chi connectivity index (χ2v) is 5.18. The number of hydrogen-bond donors (Lipinski definition) is 1. The summed E-state index contributed by atoms with van der Waals surface area (Å²) in [7, 11) is 0. The van der Waals surface area contributed by atoms with Gasteiger partial charge in [-0.15, -0.1) is 0 Å². The third-order valence-electron chi connectivity index (χ3n) is 2.83. The Morgan fingerprint density at radius 2 is 2.00 bits per heavy atom. The zero-order valence-electron chi connectivity index (χ0n) is 12.5. The fraction of sp³-hybridized carbons (Fsp3) is 0.333. The van der Waals surface area contributed by atoms with Crippen molar-refractivity contribution in [3.8, 4) is 5.88 Å². The molecule has 0 spiro atoms. The van der Waals surface area contributed by atoms with E-state index in [2.05, 4.69) is 15.3 Å². The Bertz CT molecular complexity index is 632. The molecule has 2 rings (SSSR count). The van der Waals surface area contributed by atoms with Crippen LogP contribution in [0.4, 0.5) is 11.5 Å². The highest BCUT2D eigenvalue weighted by Crippen LogP contribution is 2.31. The van der Waals surface area contributed by atoms with Crippen molar-refractivity contribution in [2.75, 3.05) is 11.9 Å². The molecule has 1 aromatic carbocycles. The highest BCUT2D eigenvalue weighted by molar-refractivity contribution is 5.61. The number of nitrogens with zero attached hydrogens (tertiary/aromatic N) is 3. The van der Waals surface area contributed by atoms with E-state index in [1.165, 1.54) is 6.33 Å². The van der Waals surface area contributed by atoms with Crippen molar-refractivity contribution < 1.29 is 9.66 Å². The van der Waals surface area contributed by atoms with Crippen molar-refractivity contribution >= 4 is 11.5 Å². The highest BCUT2D eigenvalue weighted by Gasteiger charge is 2.24. The van der Waals surface area contributed by atoms with Crippen LogP contribution in [0.3, 0.4) is 0 Å². The van der Waals surface area contributed by atoms with Crippen molar-refractivity contribution in [2.24, 2.45) is 5.92 Å². The van der Waals surface area contributed by atoms with Crippen molar-refractivity contribution in [1.82, 2.24) is 9.97 Å². The minimum absolute atomic E-state index is 0.00994. The fourth-order valence-corrected chi connectivity index (χ4v) is 1.79. The highest BCUT2D eigenvalue weighted by atomic mass is 16.6. The van der Waals surface area contributed by atoms with E-state index in [4.69, 9.17) is 4.74 Å². The topological polar surface area (TPSA) is 90.2 Å². The van der Waals surface area contributed by atoms with Gasteiger partial charge in [-0.05, 0) is 11.5 Å². The monoisotopic (exact) mass is 302 g/mol. The van der Waals surface area contributed by atoms with Crippen LogP contribution in [0.25, 0.3) is 0 Å². The average Bonchev–Trinajstić information content (AvgIpc) is 2.51. The van der Waals surface area contributed by atoms with Crippen LogP contribution in [0.2, 0.25) is 0 Å². The van der Waals surface area contributed by atoms with E-state index in [0.29, 0.717) is 13.2 Å². The van der Waals surface area contributed by atoms with E-state index < -0.39 is 4.92 Å². The Morgan fingerprint density at radius 1 is 1.27 bits per heavy atom. The number of hydrogen-bond acceptors (Lipinski definition) is 6. The van der Waals surface area contributed by atoms with Gasteiger partial charge in [0.1, 0.15) is 6.33 Å². The number of rotatable bonds is 7. The molecule has 0 atom stereocenters. The lowest BCUT2D eigenvalue weighted by Crippen LogP contribution is -2.10. The molecule has 0 saturated carbocycles. The fourth-order valence-electron chi connectivity index (χ4n) is 1.79. The van der Waals surface area contributed by atoms with Crippen molar-refractivity contribution in [2.45, 2.75) is 20.4 Å². The molecular weight excluding hydrogens is 284 g/mol. The minimum Gasteiger partial charge on any atom is -0.472 e. The second-order valence-electron chi connectivity index (χ2n) is 5.18. The van der Waals surface area contributed by atoms with Gasteiger partial charge in [-0.1, -0.05) is 44.2 Å². The first-order valence-electron chi connectivity index (χ1n) is 6.98. The number of nitro groups is 1. The lowest BCUT2D eigenvalue weighted by atomic mass is 10.2. The third kappa shape index (κ3) is 4.15. The Morgan fingerprint density at radius 3 is 2.64 bits per heavy atom. The molecule has 0 radical (unpaired) electrons. The van der Waals surface area contributed by atoms with Gasteiger partial charge >= 0.3 is 5.69 Å². The van der Waals surface area contributed by atoms with E-state index in [0.717, 1.165) is 5.56 Å². The molecule has 0 unspecified atom stereocenters. The van der Waals surface area contributed by atoms with Crippen LogP contribution in [0, 0.1) is 16.0 Å². The van der Waals surface area contributed by atoms with Crippen LogP contribution >= 0.6 is 0 Å². The molecule has 1 heterocycles. The molecule has 1 N–H and O–H groups in total. The number of ether oxygens (including phenoxy) is 1. The molecule has 7 heteroatoms. The molecule has 116 valence electrons. The molecule has 0 saturated heterocycles. The molecule has 0 aliphatic carbocycles. The number of nitrogens with one attached hydrogen (secondary N) is 1. The van der Waals surface area contributed by atoms with Crippen LogP contribution < -0.4 is 10.1 Å². The second kappa shape index (κ2) is 7.35. The Balaban J connectivity index is 2.19. The maximum absolute atomic E-state index is 11.3. The molecule has 0 aliphatic heterocycles. The number of anilines is 1. The van der Waals surface area contributed by atoms with E-state index in [9.17, 15) is 10.1 Å². The van der Waals surface area contributed by atoms with E-state index in [-0.39, 0.29) is 23.3 Å². The third-order valence-corrected chi connectivity index (χ3v) is 2.83. The molecule has 7 nitrogen and oxygen atoms in total. The lowest BCUT2D eigenvalue weighted by Gasteiger charge is -2.10. The van der Waals surface area contributed by atoms with Crippen LogP contribution in [0.15, 0.2) is 36.7 Å². The molecule has 0 aliphatic rings. The summed E-state index contributed by atoms with van der Waals surface area (Å²) in [6.45, 7) is 4.71. The molecule has 0 fully saturated rings. The summed E-state index contributed by atoms with van der Waals surface area (Å²) in [6, 6.07) is 9.58.